The average molecular weight is 311 g/mol. The molecule has 0 aliphatic carbocycles. The highest BCUT2D eigenvalue weighted by Gasteiger charge is 2.11. The van der Waals surface area contributed by atoms with Crippen LogP contribution in [0.1, 0.15) is 5.56 Å². The number of imidazole rings is 1. The van der Waals surface area contributed by atoms with Crippen LogP contribution in [0.5, 0.6) is 0 Å². The maximum Gasteiger partial charge on any atom is 0.148 e. The first kappa shape index (κ1) is 10.9. The lowest BCUT2D eigenvalue weighted by molar-refractivity contribution is 0.623. The molecule has 0 unspecified atom stereocenters. The van der Waals surface area contributed by atoms with E-state index in [9.17, 15) is 4.39 Å². The second kappa shape index (κ2) is 3.92. The second-order valence-corrected chi connectivity index (χ2v) is 5.57. The van der Waals surface area contributed by atoms with Crippen molar-refractivity contribution in [3.63, 3.8) is 0 Å². The molecule has 5 heteroatoms. The van der Waals surface area contributed by atoms with Crippen LogP contribution in [0.15, 0.2) is 28.1 Å². The Labute approximate surface area is 110 Å². The summed E-state index contributed by atoms with van der Waals surface area (Å²) in [4.78, 5) is 8.72. The first-order valence-corrected chi connectivity index (χ1v) is 6.71. The summed E-state index contributed by atoms with van der Waals surface area (Å²) in [5.74, 6) is 0.514. The molecule has 86 valence electrons. The van der Waals surface area contributed by atoms with Gasteiger partial charge in [0.15, 0.2) is 0 Å². The van der Waals surface area contributed by atoms with E-state index in [1.165, 1.54) is 11.6 Å². The Kier molecular flexibility index (Phi) is 2.52. The van der Waals surface area contributed by atoms with Crippen LogP contribution in [-0.2, 0) is 0 Å². The van der Waals surface area contributed by atoms with E-state index < -0.39 is 0 Å². The molecule has 0 radical (unpaired) electrons. The fourth-order valence-electron chi connectivity index (χ4n) is 1.73. The predicted molar refractivity (Wildman–Crippen MR) is 71.8 cm³/mol. The summed E-state index contributed by atoms with van der Waals surface area (Å²) in [6.07, 6.45) is 0. The first-order valence-electron chi connectivity index (χ1n) is 5.04. The zero-order chi connectivity index (χ0) is 12.0. The third-order valence-electron chi connectivity index (χ3n) is 2.60. The van der Waals surface area contributed by atoms with Crippen LogP contribution in [0.3, 0.4) is 0 Å². The van der Waals surface area contributed by atoms with Gasteiger partial charge in [-0.2, -0.15) is 0 Å². The van der Waals surface area contributed by atoms with Gasteiger partial charge in [0.2, 0.25) is 0 Å². The number of rotatable bonds is 1. The van der Waals surface area contributed by atoms with Crippen LogP contribution in [0.25, 0.3) is 21.7 Å². The van der Waals surface area contributed by atoms with Crippen molar-refractivity contribution in [3.05, 3.63) is 39.4 Å². The summed E-state index contributed by atoms with van der Waals surface area (Å²) in [6.45, 7) is 2.04. The maximum absolute atomic E-state index is 13.4. The number of thiophene rings is 1. The Hall–Kier alpha value is -1.20. The fraction of sp³-hybridized carbons (Fsp3) is 0.0833. The summed E-state index contributed by atoms with van der Waals surface area (Å²) in [7, 11) is 0. The zero-order valence-corrected chi connectivity index (χ0v) is 11.3. The van der Waals surface area contributed by atoms with Gasteiger partial charge in [0, 0.05) is 6.07 Å². The van der Waals surface area contributed by atoms with Gasteiger partial charge in [-0.1, -0.05) is 0 Å². The molecule has 0 saturated carbocycles. The number of halogens is 2. The molecule has 1 N–H and O–H groups in total. The van der Waals surface area contributed by atoms with Crippen LogP contribution in [0, 0.1) is 12.7 Å². The van der Waals surface area contributed by atoms with Crippen LogP contribution in [0.4, 0.5) is 4.39 Å². The Morgan fingerprint density at radius 2 is 2.24 bits per heavy atom. The van der Waals surface area contributed by atoms with Gasteiger partial charge in [-0.05, 0) is 45.9 Å². The lowest BCUT2D eigenvalue weighted by Crippen LogP contribution is -1.77. The normalized spacial score (nSPS) is 11.2. The van der Waals surface area contributed by atoms with Crippen molar-refractivity contribution in [2.24, 2.45) is 0 Å². The minimum atomic E-state index is -0.282. The van der Waals surface area contributed by atoms with Gasteiger partial charge in [-0.25, -0.2) is 9.37 Å². The van der Waals surface area contributed by atoms with E-state index in [1.807, 2.05) is 18.4 Å². The molecule has 0 spiro atoms. The molecular formula is C12H8BrFN2S. The molecule has 0 bridgehead atoms. The van der Waals surface area contributed by atoms with E-state index in [4.69, 9.17) is 0 Å². The largest absolute Gasteiger partial charge is 0.337 e. The molecule has 0 atom stereocenters. The Morgan fingerprint density at radius 1 is 1.41 bits per heavy atom. The minimum absolute atomic E-state index is 0.282. The lowest BCUT2D eigenvalue weighted by Gasteiger charge is -1.92. The SMILES string of the molecule is Cc1ccsc1-c1nc2cc(Br)c(F)cc2[nH]1. The lowest BCUT2D eigenvalue weighted by atomic mass is 10.3. The number of aryl methyl sites for hydroxylation is 1. The molecule has 2 aromatic heterocycles. The summed E-state index contributed by atoms with van der Waals surface area (Å²) >= 11 is 4.79. The molecule has 3 aromatic rings. The predicted octanol–water partition coefficient (Wildman–Crippen LogP) is 4.50. The highest BCUT2D eigenvalue weighted by molar-refractivity contribution is 9.10. The van der Waals surface area contributed by atoms with Gasteiger partial charge >= 0.3 is 0 Å². The number of benzene rings is 1. The van der Waals surface area contributed by atoms with Gasteiger partial charge in [-0.3, -0.25) is 0 Å². The van der Waals surface area contributed by atoms with E-state index in [-0.39, 0.29) is 5.82 Å². The van der Waals surface area contributed by atoms with E-state index in [1.54, 1.807) is 17.4 Å². The molecule has 0 amide bonds. The molecule has 1 aromatic carbocycles. The van der Waals surface area contributed by atoms with E-state index in [0.29, 0.717) is 9.99 Å². The zero-order valence-electron chi connectivity index (χ0n) is 8.92. The number of nitrogens with zero attached hydrogens (tertiary/aromatic N) is 1. The van der Waals surface area contributed by atoms with Crippen molar-refractivity contribution in [2.75, 3.05) is 0 Å². The van der Waals surface area contributed by atoms with Gasteiger partial charge in [-0.15, -0.1) is 11.3 Å². The van der Waals surface area contributed by atoms with E-state index in [2.05, 4.69) is 25.9 Å². The van der Waals surface area contributed by atoms with Crippen molar-refractivity contribution >= 4 is 38.3 Å². The number of H-pyrrole nitrogens is 1. The number of hydrogen-bond acceptors (Lipinski definition) is 2. The molecular weight excluding hydrogens is 303 g/mol. The van der Waals surface area contributed by atoms with Gasteiger partial charge in [0.25, 0.3) is 0 Å². The maximum atomic E-state index is 13.4. The second-order valence-electron chi connectivity index (χ2n) is 3.80. The first-order chi connectivity index (χ1) is 8.15. The monoisotopic (exact) mass is 310 g/mol. The highest BCUT2D eigenvalue weighted by Crippen LogP contribution is 2.30. The number of aromatic amines is 1. The van der Waals surface area contributed by atoms with Crippen LogP contribution in [0.2, 0.25) is 0 Å². The van der Waals surface area contributed by atoms with Crippen molar-refractivity contribution in [1.82, 2.24) is 9.97 Å². The fourth-order valence-corrected chi connectivity index (χ4v) is 2.93. The van der Waals surface area contributed by atoms with E-state index >= 15 is 0 Å². The van der Waals surface area contributed by atoms with Crippen molar-refractivity contribution in [2.45, 2.75) is 6.92 Å². The summed E-state index contributed by atoms with van der Waals surface area (Å²) in [6, 6.07) is 5.19. The number of hydrogen-bond donors (Lipinski definition) is 1. The van der Waals surface area contributed by atoms with Crippen molar-refractivity contribution < 1.29 is 4.39 Å². The molecule has 3 rings (SSSR count). The molecule has 2 heterocycles. The van der Waals surface area contributed by atoms with Crippen molar-refractivity contribution in [1.29, 1.82) is 0 Å². The third kappa shape index (κ3) is 1.79. The Bertz CT molecular complexity index is 663. The van der Waals surface area contributed by atoms with Crippen molar-refractivity contribution in [3.8, 4) is 10.7 Å². The Morgan fingerprint density at radius 3 is 2.94 bits per heavy atom. The topological polar surface area (TPSA) is 28.7 Å². The average Bonchev–Trinajstić information content (AvgIpc) is 2.85. The summed E-state index contributed by atoms with van der Waals surface area (Å²) in [5.41, 5.74) is 2.66. The van der Waals surface area contributed by atoms with Gasteiger partial charge < -0.3 is 4.98 Å². The summed E-state index contributed by atoms with van der Waals surface area (Å²) < 4.78 is 13.8. The number of nitrogens with one attached hydrogen (secondary N) is 1. The molecule has 0 aliphatic rings. The molecule has 2 nitrogen and oxygen atoms in total. The molecule has 0 aliphatic heterocycles. The Balaban J connectivity index is 2.24. The highest BCUT2D eigenvalue weighted by atomic mass is 79.9. The van der Waals surface area contributed by atoms with Crippen LogP contribution >= 0.6 is 27.3 Å². The molecule has 0 fully saturated rings. The smallest absolute Gasteiger partial charge is 0.148 e. The van der Waals surface area contributed by atoms with Gasteiger partial charge in [0.05, 0.1) is 20.4 Å². The van der Waals surface area contributed by atoms with Gasteiger partial charge in [0.1, 0.15) is 11.6 Å². The molecule has 0 saturated heterocycles. The summed E-state index contributed by atoms with van der Waals surface area (Å²) in [5, 5.41) is 2.02. The standard InChI is InChI=1S/C12H8BrFN2S/c1-6-2-3-17-11(6)12-15-9-4-7(13)8(14)5-10(9)16-12/h2-5H,1H3,(H,15,16). The van der Waals surface area contributed by atoms with E-state index in [0.717, 1.165) is 16.2 Å². The quantitative estimate of drug-likeness (QED) is 0.704. The number of fused-ring (bicyclic) bond motifs is 1. The van der Waals surface area contributed by atoms with Crippen LogP contribution < -0.4 is 0 Å². The van der Waals surface area contributed by atoms with Crippen LogP contribution in [-0.4, -0.2) is 9.97 Å². The molecule has 17 heavy (non-hydrogen) atoms. The number of aromatic nitrogens is 2. The minimum Gasteiger partial charge on any atom is -0.337 e. The third-order valence-corrected chi connectivity index (χ3v) is 4.23.